The van der Waals surface area contributed by atoms with E-state index in [2.05, 4.69) is 12.2 Å². The Balaban J connectivity index is 1.71. The van der Waals surface area contributed by atoms with E-state index in [9.17, 15) is 13.2 Å². The number of carbonyl (C=O) groups is 1. The number of hydrogen-bond acceptors (Lipinski definition) is 3. The third-order valence-corrected chi connectivity index (χ3v) is 6.47. The molecule has 0 radical (unpaired) electrons. The monoisotopic (exact) mass is 436 g/mol. The summed E-state index contributed by atoms with van der Waals surface area (Å²) >= 11 is 0. The Kier molecular flexibility index (Phi) is 7.13. The molecule has 0 aliphatic heterocycles. The van der Waals surface area contributed by atoms with Gasteiger partial charge in [0.05, 0.1) is 18.5 Å². The van der Waals surface area contributed by atoms with Crippen LogP contribution in [0.4, 0.5) is 5.69 Å². The molecule has 3 rings (SSSR count). The first-order chi connectivity index (χ1) is 14.8. The zero-order chi connectivity index (χ0) is 22.4. The number of sulfonamides is 1. The molecule has 162 valence electrons. The molecule has 1 atom stereocenters. The van der Waals surface area contributed by atoms with Gasteiger partial charge in [-0.05, 0) is 53.8 Å². The summed E-state index contributed by atoms with van der Waals surface area (Å²) in [5, 5.41) is 2.95. The topological polar surface area (TPSA) is 66.5 Å². The molecule has 0 fully saturated rings. The predicted octanol–water partition coefficient (Wildman–Crippen LogP) is 4.49. The van der Waals surface area contributed by atoms with E-state index in [0.717, 1.165) is 16.7 Å². The minimum Gasteiger partial charge on any atom is -0.351 e. The maximum absolute atomic E-state index is 12.6. The molecular weight excluding hydrogens is 408 g/mol. The van der Waals surface area contributed by atoms with Crippen LogP contribution in [0.25, 0.3) is 0 Å². The molecular formula is C25H28N2O3S. The van der Waals surface area contributed by atoms with Crippen molar-refractivity contribution >= 4 is 21.6 Å². The molecule has 0 aromatic heterocycles. The zero-order valence-corrected chi connectivity index (χ0v) is 18.9. The largest absolute Gasteiger partial charge is 0.351 e. The summed E-state index contributed by atoms with van der Waals surface area (Å²) in [6, 6.07) is 24.4. The lowest BCUT2D eigenvalue weighted by molar-refractivity contribution is 0.0951. The Labute approximate surface area is 184 Å². The Morgan fingerprint density at radius 2 is 1.55 bits per heavy atom. The molecule has 31 heavy (non-hydrogen) atoms. The van der Waals surface area contributed by atoms with Crippen LogP contribution in [0.2, 0.25) is 0 Å². The normalized spacial score (nSPS) is 12.2. The van der Waals surface area contributed by atoms with E-state index < -0.39 is 10.0 Å². The van der Waals surface area contributed by atoms with Crippen molar-refractivity contribution < 1.29 is 13.2 Å². The van der Waals surface area contributed by atoms with Crippen molar-refractivity contribution in [1.82, 2.24) is 5.32 Å². The van der Waals surface area contributed by atoms with Crippen LogP contribution in [0.3, 0.4) is 0 Å². The first kappa shape index (κ1) is 22.6. The van der Waals surface area contributed by atoms with Crippen LogP contribution in [0.15, 0.2) is 78.9 Å². The molecule has 0 spiro atoms. The van der Waals surface area contributed by atoms with Crippen LogP contribution in [-0.4, -0.2) is 27.1 Å². The van der Waals surface area contributed by atoms with Crippen LogP contribution in [-0.2, 0) is 16.6 Å². The van der Waals surface area contributed by atoms with Crippen LogP contribution in [0.5, 0.6) is 0 Å². The maximum atomic E-state index is 12.6. The summed E-state index contributed by atoms with van der Waals surface area (Å²) in [5.41, 5.74) is 4.15. The number of hydrogen-bond donors (Lipinski definition) is 1. The number of benzene rings is 3. The van der Waals surface area contributed by atoms with Gasteiger partial charge in [-0.25, -0.2) is 8.42 Å². The third kappa shape index (κ3) is 5.95. The Morgan fingerprint density at radius 3 is 2.16 bits per heavy atom. The lowest BCUT2D eigenvalue weighted by Crippen LogP contribution is -2.30. The molecule has 0 saturated heterocycles. The van der Waals surface area contributed by atoms with E-state index in [4.69, 9.17) is 0 Å². The predicted molar refractivity (Wildman–Crippen MR) is 126 cm³/mol. The van der Waals surface area contributed by atoms with E-state index in [0.29, 0.717) is 17.8 Å². The van der Waals surface area contributed by atoms with Gasteiger partial charge in [-0.2, -0.15) is 0 Å². The van der Waals surface area contributed by atoms with Gasteiger partial charge in [0.1, 0.15) is 0 Å². The van der Waals surface area contributed by atoms with E-state index >= 15 is 0 Å². The highest BCUT2D eigenvalue weighted by Gasteiger charge is 2.19. The fourth-order valence-corrected chi connectivity index (χ4v) is 4.25. The lowest BCUT2D eigenvalue weighted by atomic mass is 10.0. The summed E-state index contributed by atoms with van der Waals surface area (Å²) in [5.74, 6) is 0.0124. The van der Waals surface area contributed by atoms with E-state index in [-0.39, 0.29) is 18.4 Å². The fraction of sp³-hybridized carbons (Fsp3) is 0.240. The first-order valence-corrected chi connectivity index (χ1v) is 12.1. The number of anilines is 1. The fourth-order valence-electron chi connectivity index (χ4n) is 3.37. The molecule has 6 heteroatoms. The van der Waals surface area contributed by atoms with Gasteiger partial charge in [0.15, 0.2) is 0 Å². The van der Waals surface area contributed by atoms with E-state index in [1.165, 1.54) is 10.6 Å². The van der Waals surface area contributed by atoms with Crippen LogP contribution in [0.1, 0.15) is 39.9 Å². The summed E-state index contributed by atoms with van der Waals surface area (Å²) in [4.78, 5) is 12.6. The van der Waals surface area contributed by atoms with Gasteiger partial charge in [-0.1, -0.05) is 61.5 Å². The van der Waals surface area contributed by atoms with Crippen molar-refractivity contribution in [3.63, 3.8) is 0 Å². The molecule has 0 unspecified atom stereocenters. The number of nitrogens with zero attached hydrogens (tertiary/aromatic N) is 1. The van der Waals surface area contributed by atoms with Crippen LogP contribution in [0, 0.1) is 6.92 Å². The molecule has 0 aliphatic carbocycles. The summed E-state index contributed by atoms with van der Waals surface area (Å²) < 4.78 is 26.2. The highest BCUT2D eigenvalue weighted by atomic mass is 32.2. The number of carbonyl (C=O) groups excluding carboxylic acids is 1. The molecule has 0 saturated carbocycles. The van der Waals surface area contributed by atoms with Crippen molar-refractivity contribution in [3.8, 4) is 0 Å². The molecule has 3 aromatic carbocycles. The number of aryl methyl sites for hydroxylation is 1. The standard InChI is InChI=1S/C25H28N2O3S/c1-19-9-7-8-12-23(19)18-27(31(3,29)30)24-15-13-22(14-16-24)25(28)26-17-20(2)21-10-5-4-6-11-21/h4-16,20H,17-18H2,1-3H3,(H,26,28)/t20-/m1/s1. The molecule has 3 aromatic rings. The molecule has 0 heterocycles. The van der Waals surface area contributed by atoms with Gasteiger partial charge in [0.2, 0.25) is 10.0 Å². The highest BCUT2D eigenvalue weighted by Crippen LogP contribution is 2.22. The minimum atomic E-state index is -3.49. The molecule has 1 N–H and O–H groups in total. The summed E-state index contributed by atoms with van der Waals surface area (Å²) in [6.07, 6.45) is 1.19. The molecule has 0 bridgehead atoms. The molecule has 5 nitrogen and oxygen atoms in total. The second kappa shape index (κ2) is 9.79. The van der Waals surface area contributed by atoms with Crippen LogP contribution < -0.4 is 9.62 Å². The van der Waals surface area contributed by atoms with Crippen molar-refractivity contribution in [2.45, 2.75) is 26.3 Å². The number of nitrogens with one attached hydrogen (secondary N) is 1. The van der Waals surface area contributed by atoms with Gasteiger partial charge < -0.3 is 5.32 Å². The lowest BCUT2D eigenvalue weighted by Gasteiger charge is -2.23. The average molecular weight is 437 g/mol. The first-order valence-electron chi connectivity index (χ1n) is 10.2. The third-order valence-electron chi connectivity index (χ3n) is 5.33. The van der Waals surface area contributed by atoms with Gasteiger partial charge >= 0.3 is 0 Å². The van der Waals surface area contributed by atoms with E-state index in [1.54, 1.807) is 24.3 Å². The SMILES string of the molecule is Cc1ccccc1CN(c1ccc(C(=O)NC[C@@H](C)c2ccccc2)cc1)S(C)(=O)=O. The summed E-state index contributed by atoms with van der Waals surface area (Å²) in [7, 11) is -3.49. The second-order valence-corrected chi connectivity index (χ2v) is 9.67. The van der Waals surface area contributed by atoms with Gasteiger partial charge in [0, 0.05) is 12.1 Å². The maximum Gasteiger partial charge on any atom is 0.251 e. The van der Waals surface area contributed by atoms with Crippen molar-refractivity contribution in [2.75, 3.05) is 17.1 Å². The molecule has 0 aliphatic rings. The minimum absolute atomic E-state index is 0.181. The van der Waals surface area contributed by atoms with Crippen molar-refractivity contribution in [1.29, 1.82) is 0 Å². The highest BCUT2D eigenvalue weighted by molar-refractivity contribution is 7.92. The Hall–Kier alpha value is -3.12. The van der Waals surface area contributed by atoms with E-state index in [1.807, 2.05) is 61.5 Å². The second-order valence-electron chi connectivity index (χ2n) is 7.76. The smallest absolute Gasteiger partial charge is 0.251 e. The quantitative estimate of drug-likeness (QED) is 0.566. The Morgan fingerprint density at radius 1 is 0.935 bits per heavy atom. The van der Waals surface area contributed by atoms with Crippen LogP contribution >= 0.6 is 0 Å². The summed E-state index contributed by atoms with van der Waals surface area (Å²) in [6.45, 7) is 4.78. The zero-order valence-electron chi connectivity index (χ0n) is 18.1. The van der Waals surface area contributed by atoms with Gasteiger partial charge in [-0.3, -0.25) is 9.10 Å². The van der Waals surface area contributed by atoms with Gasteiger partial charge in [0.25, 0.3) is 5.91 Å². The number of rotatable bonds is 8. The van der Waals surface area contributed by atoms with Crippen molar-refractivity contribution in [2.24, 2.45) is 0 Å². The number of amides is 1. The molecule has 1 amide bonds. The van der Waals surface area contributed by atoms with Gasteiger partial charge in [-0.15, -0.1) is 0 Å². The Bertz CT molecular complexity index is 1130. The average Bonchev–Trinajstić information content (AvgIpc) is 2.76. The van der Waals surface area contributed by atoms with Crippen molar-refractivity contribution in [3.05, 3.63) is 101 Å².